The summed E-state index contributed by atoms with van der Waals surface area (Å²) in [6.45, 7) is 9.21. The highest BCUT2D eigenvalue weighted by Gasteiger charge is 2.15. The Hall–Kier alpha value is -1.16. The minimum atomic E-state index is 0.0529. The molecule has 3 N–H and O–H groups in total. The van der Waals surface area contributed by atoms with Crippen LogP contribution in [0.5, 0.6) is 0 Å². The average Bonchev–Trinajstić information content (AvgIpc) is 2.16. The highest BCUT2D eigenvalue weighted by Crippen LogP contribution is 2.19. The van der Waals surface area contributed by atoms with Crippen molar-refractivity contribution in [2.75, 3.05) is 11.9 Å². The van der Waals surface area contributed by atoms with E-state index in [0.29, 0.717) is 0 Å². The third kappa shape index (κ3) is 4.14. The van der Waals surface area contributed by atoms with E-state index in [9.17, 15) is 0 Å². The van der Waals surface area contributed by atoms with Gasteiger partial charge in [-0.3, -0.25) is 0 Å². The summed E-state index contributed by atoms with van der Waals surface area (Å²) in [4.78, 5) is 0. The van der Waals surface area contributed by atoms with Gasteiger partial charge < -0.3 is 11.1 Å². The summed E-state index contributed by atoms with van der Waals surface area (Å²) in [7, 11) is 0. The van der Waals surface area contributed by atoms with E-state index in [1.807, 2.05) is 19.1 Å². The summed E-state index contributed by atoms with van der Waals surface area (Å²) < 4.78 is 0. The molecular weight excluding hydrogens is 200 g/mol. The largest absolute Gasteiger partial charge is 0.369 e. The zero-order chi connectivity index (χ0) is 12.2. The minimum absolute atomic E-state index is 0.0529. The Kier molecular flexibility index (Phi) is 4.24. The molecule has 1 unspecified atom stereocenters. The maximum atomic E-state index is 5.66. The molecule has 0 aliphatic carbocycles. The first kappa shape index (κ1) is 12.9. The van der Waals surface area contributed by atoms with Crippen molar-refractivity contribution in [2.24, 2.45) is 5.73 Å². The third-order valence-electron chi connectivity index (χ3n) is 2.34. The number of nitrogens with two attached hydrogens (primary N) is 1. The summed E-state index contributed by atoms with van der Waals surface area (Å²) in [5.41, 5.74) is 6.72. The van der Waals surface area contributed by atoms with Gasteiger partial charge >= 0.3 is 0 Å². The molecule has 1 atom stereocenters. The first-order valence-corrected chi connectivity index (χ1v) is 5.73. The van der Waals surface area contributed by atoms with Gasteiger partial charge in [-0.1, -0.05) is 20.8 Å². The predicted molar refractivity (Wildman–Crippen MR) is 67.5 cm³/mol. The summed E-state index contributed by atoms with van der Waals surface area (Å²) in [6.07, 6.45) is 0.933. The second kappa shape index (κ2) is 5.25. The fraction of sp³-hybridized carbons (Fsp3) is 0.667. The van der Waals surface area contributed by atoms with Crippen LogP contribution < -0.4 is 11.1 Å². The van der Waals surface area contributed by atoms with E-state index < -0.39 is 0 Å². The lowest BCUT2D eigenvalue weighted by Crippen LogP contribution is -2.20. The lowest BCUT2D eigenvalue weighted by molar-refractivity contribution is 0.559. The van der Waals surface area contributed by atoms with Gasteiger partial charge in [0, 0.05) is 18.0 Å². The van der Waals surface area contributed by atoms with Crippen LogP contribution in [-0.4, -0.2) is 22.8 Å². The van der Waals surface area contributed by atoms with E-state index in [2.05, 4.69) is 36.3 Å². The molecule has 0 saturated heterocycles. The second-order valence-corrected chi connectivity index (χ2v) is 5.25. The molecule has 0 amide bonds. The quantitative estimate of drug-likeness (QED) is 0.817. The van der Waals surface area contributed by atoms with Crippen molar-refractivity contribution in [3.8, 4) is 0 Å². The van der Waals surface area contributed by atoms with Crippen LogP contribution in [0.2, 0.25) is 0 Å². The third-order valence-corrected chi connectivity index (χ3v) is 2.34. The monoisotopic (exact) mass is 222 g/mol. The maximum absolute atomic E-state index is 5.66. The molecule has 4 heteroatoms. The molecule has 0 bridgehead atoms. The Labute approximate surface area is 97.6 Å². The van der Waals surface area contributed by atoms with Gasteiger partial charge in [0.25, 0.3) is 0 Å². The van der Waals surface area contributed by atoms with Gasteiger partial charge in [-0.05, 0) is 25.5 Å². The number of aromatic nitrogens is 2. The van der Waals surface area contributed by atoms with Gasteiger partial charge in [0.2, 0.25) is 0 Å². The molecular formula is C12H22N4. The van der Waals surface area contributed by atoms with Crippen molar-refractivity contribution in [1.82, 2.24) is 10.2 Å². The summed E-state index contributed by atoms with van der Waals surface area (Å²) in [5.74, 6) is 0.814. The van der Waals surface area contributed by atoms with E-state index in [1.54, 1.807) is 0 Å². The Bertz CT molecular complexity index is 311. The van der Waals surface area contributed by atoms with E-state index in [-0.39, 0.29) is 11.5 Å². The maximum Gasteiger partial charge on any atom is 0.148 e. The van der Waals surface area contributed by atoms with E-state index >= 15 is 0 Å². The molecule has 16 heavy (non-hydrogen) atoms. The molecule has 1 rings (SSSR count). The molecule has 0 aliphatic heterocycles. The molecule has 0 radical (unpaired) electrons. The normalized spacial score (nSPS) is 13.6. The number of nitrogens with zero attached hydrogens (tertiary/aromatic N) is 2. The number of rotatable bonds is 4. The van der Waals surface area contributed by atoms with Crippen LogP contribution in [0.3, 0.4) is 0 Å². The molecule has 0 saturated carbocycles. The van der Waals surface area contributed by atoms with Crippen LogP contribution in [0.15, 0.2) is 12.1 Å². The van der Waals surface area contributed by atoms with Gasteiger partial charge in [0.15, 0.2) is 0 Å². The number of anilines is 1. The van der Waals surface area contributed by atoms with Crippen LogP contribution in [0.25, 0.3) is 0 Å². The molecule has 1 heterocycles. The SMILES string of the molecule is CC(N)CCNc1ccc(C(C)(C)C)nn1. The van der Waals surface area contributed by atoms with Crippen LogP contribution in [-0.2, 0) is 5.41 Å². The predicted octanol–water partition coefficient (Wildman–Crippen LogP) is 1.92. The highest BCUT2D eigenvalue weighted by atomic mass is 15.2. The smallest absolute Gasteiger partial charge is 0.148 e. The van der Waals surface area contributed by atoms with Crippen molar-refractivity contribution >= 4 is 5.82 Å². The van der Waals surface area contributed by atoms with Gasteiger partial charge in [-0.2, -0.15) is 5.10 Å². The minimum Gasteiger partial charge on any atom is -0.369 e. The van der Waals surface area contributed by atoms with Crippen molar-refractivity contribution in [1.29, 1.82) is 0 Å². The fourth-order valence-electron chi connectivity index (χ4n) is 1.25. The molecule has 4 nitrogen and oxygen atoms in total. The standard InChI is InChI=1S/C12H22N4/c1-9(13)7-8-14-11-6-5-10(15-16-11)12(2,3)4/h5-6,9H,7-8,13H2,1-4H3,(H,14,16). The van der Waals surface area contributed by atoms with Gasteiger partial charge in [-0.15, -0.1) is 5.10 Å². The molecule has 0 fully saturated rings. The van der Waals surface area contributed by atoms with Gasteiger partial charge in [0.05, 0.1) is 5.69 Å². The van der Waals surface area contributed by atoms with Crippen molar-refractivity contribution in [3.63, 3.8) is 0 Å². The lowest BCUT2D eigenvalue weighted by atomic mass is 9.92. The van der Waals surface area contributed by atoms with E-state index in [4.69, 9.17) is 5.73 Å². The Balaban J connectivity index is 2.52. The van der Waals surface area contributed by atoms with Gasteiger partial charge in [0.1, 0.15) is 5.82 Å². The second-order valence-electron chi connectivity index (χ2n) is 5.25. The first-order chi connectivity index (χ1) is 7.39. The van der Waals surface area contributed by atoms with Crippen molar-refractivity contribution < 1.29 is 0 Å². The molecule has 1 aromatic rings. The van der Waals surface area contributed by atoms with Crippen LogP contribution in [0.4, 0.5) is 5.82 Å². The summed E-state index contributed by atoms with van der Waals surface area (Å²) in [5, 5.41) is 11.5. The fourth-order valence-corrected chi connectivity index (χ4v) is 1.25. The molecule has 0 aliphatic rings. The molecule has 1 aromatic heterocycles. The van der Waals surface area contributed by atoms with Crippen LogP contribution >= 0.6 is 0 Å². The average molecular weight is 222 g/mol. The van der Waals surface area contributed by atoms with Gasteiger partial charge in [-0.25, -0.2) is 0 Å². The Morgan fingerprint density at radius 2 is 2.00 bits per heavy atom. The van der Waals surface area contributed by atoms with Crippen molar-refractivity contribution in [3.05, 3.63) is 17.8 Å². The summed E-state index contributed by atoms with van der Waals surface area (Å²) >= 11 is 0. The van der Waals surface area contributed by atoms with Crippen LogP contribution in [0, 0.1) is 0 Å². The highest BCUT2D eigenvalue weighted by molar-refractivity contribution is 5.33. The number of hydrogen-bond donors (Lipinski definition) is 2. The number of nitrogens with one attached hydrogen (secondary N) is 1. The number of hydrogen-bond acceptors (Lipinski definition) is 4. The van der Waals surface area contributed by atoms with Crippen molar-refractivity contribution in [2.45, 2.75) is 45.6 Å². The topological polar surface area (TPSA) is 63.8 Å². The van der Waals surface area contributed by atoms with E-state index in [0.717, 1.165) is 24.5 Å². The lowest BCUT2D eigenvalue weighted by Gasteiger charge is -2.16. The molecule has 0 aromatic carbocycles. The zero-order valence-electron chi connectivity index (χ0n) is 10.6. The first-order valence-electron chi connectivity index (χ1n) is 5.73. The summed E-state index contributed by atoms with van der Waals surface area (Å²) in [6, 6.07) is 4.20. The molecule has 0 spiro atoms. The van der Waals surface area contributed by atoms with E-state index in [1.165, 1.54) is 0 Å². The van der Waals surface area contributed by atoms with Crippen LogP contribution in [0.1, 0.15) is 39.8 Å². The Morgan fingerprint density at radius 1 is 1.31 bits per heavy atom. The zero-order valence-corrected chi connectivity index (χ0v) is 10.6. The molecule has 90 valence electrons. The Morgan fingerprint density at radius 3 is 2.44 bits per heavy atom.